The fraction of sp³-hybridized carbons (Fsp3) is 0.167. The van der Waals surface area contributed by atoms with Gasteiger partial charge in [0, 0.05) is 16.4 Å². The largest absolute Gasteiger partial charge is 0.294 e. The maximum absolute atomic E-state index is 12.3. The molecule has 0 aliphatic rings. The molecule has 0 spiro atoms. The molecule has 22 heavy (non-hydrogen) atoms. The molecule has 0 radical (unpaired) electrons. The predicted octanol–water partition coefficient (Wildman–Crippen LogP) is 1.22. The van der Waals surface area contributed by atoms with Crippen molar-refractivity contribution in [3.63, 3.8) is 0 Å². The highest BCUT2D eigenvalue weighted by atomic mass is 32.3. The summed E-state index contributed by atoms with van der Waals surface area (Å²) in [4.78, 5) is -0.826. The Kier molecular flexibility index (Phi) is 4.73. The van der Waals surface area contributed by atoms with Crippen LogP contribution in [-0.4, -0.2) is 29.8 Å². The summed E-state index contributed by atoms with van der Waals surface area (Å²) in [5.74, 6) is 0. The van der Waals surface area contributed by atoms with Gasteiger partial charge in [-0.15, -0.1) is 0 Å². The Hall–Kier alpha value is -1.49. The first-order valence-electron chi connectivity index (χ1n) is 5.66. The van der Waals surface area contributed by atoms with E-state index in [1.807, 2.05) is 0 Å². The summed E-state index contributed by atoms with van der Waals surface area (Å²) in [5.41, 5.74) is -0.614. The van der Waals surface area contributed by atoms with E-state index < -0.39 is 44.3 Å². The van der Waals surface area contributed by atoms with Gasteiger partial charge < -0.3 is 0 Å². The second-order valence-electron chi connectivity index (χ2n) is 4.34. The van der Waals surface area contributed by atoms with Crippen molar-refractivity contribution in [1.82, 2.24) is 0 Å². The SMILES string of the molecule is C=CS(=O)(=O)C(C)(c1ccccc1S(=O)(=O)O)S(=O)(=O)C=C. The van der Waals surface area contributed by atoms with E-state index in [0.29, 0.717) is 10.8 Å². The standard InChI is InChI=1S/C12H14O7S3/c1-4-20(13,14)12(3,21(15,16)5-2)10-8-6-7-9-11(10)22(17,18)19/h4-9H,1-2H2,3H3,(H,17,18,19). The molecule has 0 aliphatic carbocycles. The van der Waals surface area contributed by atoms with E-state index >= 15 is 0 Å². The summed E-state index contributed by atoms with van der Waals surface area (Å²) in [6.07, 6.45) is 0. The quantitative estimate of drug-likeness (QED) is 0.751. The number of benzene rings is 1. The second kappa shape index (κ2) is 5.61. The van der Waals surface area contributed by atoms with Crippen LogP contribution < -0.4 is 0 Å². The van der Waals surface area contributed by atoms with Crippen molar-refractivity contribution in [2.45, 2.75) is 15.9 Å². The summed E-state index contributed by atoms with van der Waals surface area (Å²) in [6.45, 7) is 6.94. The lowest BCUT2D eigenvalue weighted by Gasteiger charge is -2.27. The van der Waals surface area contributed by atoms with E-state index in [1.165, 1.54) is 12.1 Å². The minimum atomic E-state index is -4.85. The fourth-order valence-electron chi connectivity index (χ4n) is 1.85. The zero-order valence-corrected chi connectivity index (χ0v) is 13.9. The first kappa shape index (κ1) is 18.6. The molecule has 10 heteroatoms. The molecule has 1 N–H and O–H groups in total. The molecule has 122 valence electrons. The molecule has 7 nitrogen and oxygen atoms in total. The summed E-state index contributed by atoms with van der Waals surface area (Å²) in [6, 6.07) is 4.36. The Morgan fingerprint density at radius 3 is 1.73 bits per heavy atom. The van der Waals surface area contributed by atoms with Gasteiger partial charge in [0.2, 0.25) is 4.08 Å². The molecular formula is C12H14O7S3. The van der Waals surface area contributed by atoms with Crippen LogP contribution in [0.4, 0.5) is 0 Å². The van der Waals surface area contributed by atoms with E-state index in [2.05, 4.69) is 13.2 Å². The van der Waals surface area contributed by atoms with Crippen molar-refractivity contribution >= 4 is 29.8 Å². The van der Waals surface area contributed by atoms with Gasteiger partial charge >= 0.3 is 0 Å². The van der Waals surface area contributed by atoms with Crippen LogP contribution in [0.5, 0.6) is 0 Å². The van der Waals surface area contributed by atoms with Gasteiger partial charge in [0.1, 0.15) is 0 Å². The normalized spacial score (nSPS) is 13.5. The second-order valence-corrected chi connectivity index (χ2v) is 10.5. The smallest absolute Gasteiger partial charge is 0.282 e. The highest BCUT2D eigenvalue weighted by molar-refractivity contribution is 8.12. The highest BCUT2D eigenvalue weighted by Crippen LogP contribution is 2.41. The van der Waals surface area contributed by atoms with Crippen LogP contribution in [0.3, 0.4) is 0 Å². The molecule has 0 amide bonds. The molecule has 0 heterocycles. The molecule has 0 aliphatic heterocycles. The topological polar surface area (TPSA) is 123 Å². The lowest BCUT2D eigenvalue weighted by atomic mass is 10.1. The van der Waals surface area contributed by atoms with Crippen molar-refractivity contribution in [2.24, 2.45) is 0 Å². The number of hydrogen-bond acceptors (Lipinski definition) is 6. The fourth-order valence-corrected chi connectivity index (χ4v) is 6.09. The Balaban J connectivity index is 4.12. The molecule has 0 fully saturated rings. The van der Waals surface area contributed by atoms with Gasteiger partial charge in [-0.2, -0.15) is 8.42 Å². The monoisotopic (exact) mass is 366 g/mol. The summed E-state index contributed by atoms with van der Waals surface area (Å²) in [7, 11) is -13.9. The van der Waals surface area contributed by atoms with Crippen LogP contribution in [0.2, 0.25) is 0 Å². The average Bonchev–Trinajstić information content (AvgIpc) is 2.45. The summed E-state index contributed by atoms with van der Waals surface area (Å²) in [5, 5.41) is 0.823. The molecule has 1 rings (SSSR count). The van der Waals surface area contributed by atoms with E-state index in [1.54, 1.807) is 0 Å². The van der Waals surface area contributed by atoms with Gasteiger partial charge in [0.15, 0.2) is 19.7 Å². The van der Waals surface area contributed by atoms with Crippen molar-refractivity contribution < 1.29 is 29.8 Å². The molecule has 1 aromatic carbocycles. The highest BCUT2D eigenvalue weighted by Gasteiger charge is 2.51. The maximum Gasteiger partial charge on any atom is 0.294 e. The number of sulfone groups is 2. The van der Waals surface area contributed by atoms with Crippen molar-refractivity contribution in [1.29, 1.82) is 0 Å². The zero-order chi connectivity index (χ0) is 17.4. The Labute approximate surface area is 129 Å². The van der Waals surface area contributed by atoms with Gasteiger partial charge in [-0.05, 0) is 13.0 Å². The Morgan fingerprint density at radius 2 is 1.36 bits per heavy atom. The summed E-state index contributed by atoms with van der Waals surface area (Å²) < 4.78 is 78.6. The van der Waals surface area contributed by atoms with Crippen molar-refractivity contribution in [3.05, 3.63) is 53.8 Å². The van der Waals surface area contributed by atoms with Crippen LogP contribution >= 0.6 is 0 Å². The maximum atomic E-state index is 12.3. The molecule has 0 saturated heterocycles. The van der Waals surface area contributed by atoms with Crippen LogP contribution in [0.15, 0.2) is 53.1 Å². The van der Waals surface area contributed by atoms with E-state index in [-0.39, 0.29) is 0 Å². The first-order valence-corrected chi connectivity index (χ1v) is 10.2. The number of rotatable bonds is 6. The van der Waals surface area contributed by atoms with Crippen LogP contribution in [0, 0.1) is 0 Å². The Morgan fingerprint density at radius 1 is 0.955 bits per heavy atom. The molecule has 0 aromatic heterocycles. The first-order chi connectivity index (χ1) is 9.85. The van der Waals surface area contributed by atoms with E-state index in [0.717, 1.165) is 19.1 Å². The third-order valence-corrected chi connectivity index (χ3v) is 8.97. The molecule has 1 aromatic rings. The van der Waals surface area contributed by atoms with Gasteiger partial charge in [-0.1, -0.05) is 31.4 Å². The van der Waals surface area contributed by atoms with Crippen LogP contribution in [-0.2, 0) is 33.9 Å². The molecular weight excluding hydrogens is 352 g/mol. The molecule has 0 saturated carbocycles. The molecule has 0 unspecified atom stereocenters. The third-order valence-electron chi connectivity index (χ3n) is 3.18. The van der Waals surface area contributed by atoms with Gasteiger partial charge in [0.25, 0.3) is 10.1 Å². The minimum absolute atomic E-state index is 0.412. The molecule has 0 atom stereocenters. The Bertz CT molecular complexity index is 885. The van der Waals surface area contributed by atoms with Crippen LogP contribution in [0.25, 0.3) is 0 Å². The third kappa shape index (κ3) is 2.74. The van der Waals surface area contributed by atoms with Gasteiger partial charge in [-0.25, -0.2) is 16.8 Å². The van der Waals surface area contributed by atoms with Crippen molar-refractivity contribution in [2.75, 3.05) is 0 Å². The number of hydrogen-bond donors (Lipinski definition) is 1. The lowest BCUT2D eigenvalue weighted by Crippen LogP contribution is -2.39. The lowest BCUT2D eigenvalue weighted by molar-refractivity contribution is 0.481. The average molecular weight is 366 g/mol. The van der Waals surface area contributed by atoms with E-state index in [9.17, 15) is 29.8 Å². The minimum Gasteiger partial charge on any atom is -0.282 e. The van der Waals surface area contributed by atoms with Crippen molar-refractivity contribution in [3.8, 4) is 0 Å². The summed E-state index contributed by atoms with van der Waals surface area (Å²) >= 11 is 0. The zero-order valence-electron chi connectivity index (χ0n) is 11.5. The van der Waals surface area contributed by atoms with Crippen LogP contribution in [0.1, 0.15) is 12.5 Å². The van der Waals surface area contributed by atoms with Gasteiger partial charge in [0.05, 0.1) is 4.90 Å². The van der Waals surface area contributed by atoms with E-state index in [4.69, 9.17) is 0 Å². The van der Waals surface area contributed by atoms with Gasteiger partial charge in [-0.3, -0.25) is 4.55 Å². The molecule has 0 bridgehead atoms. The predicted molar refractivity (Wildman–Crippen MR) is 81.8 cm³/mol.